The topological polar surface area (TPSA) is 96.0 Å². The van der Waals surface area contributed by atoms with E-state index in [9.17, 15) is 9.59 Å². The first-order chi connectivity index (χ1) is 18.0. The number of hydrogen-bond acceptors (Lipinski definition) is 5. The number of rotatable bonds is 9. The van der Waals surface area contributed by atoms with Gasteiger partial charge in [0.15, 0.2) is 5.82 Å². The molecule has 9 heteroatoms. The molecule has 9 nitrogen and oxygen atoms in total. The first-order valence-electron chi connectivity index (χ1n) is 12.1. The molecular weight excluding hydrogens is 468 g/mol. The molecular formula is C28H28N6O3. The number of carbonyl (C=O) groups is 1. The SMILES string of the molecule is COc1ccc(CNC(=O)CCCn2nc(C)c3nn(-c4ccccc4)c(-n4cccc4)c3c2=O)cc1. The van der Waals surface area contributed by atoms with Crippen molar-refractivity contribution in [2.75, 3.05) is 7.11 Å². The molecule has 5 aromatic rings. The van der Waals surface area contributed by atoms with E-state index in [2.05, 4.69) is 10.4 Å². The standard InChI is InChI=1S/C28H28N6O3/c1-20-26-25(27(32-16-6-7-17-32)34(31-26)22-9-4-3-5-10-22)28(36)33(30-20)18-8-11-24(35)29-19-21-12-14-23(37-2)15-13-21/h3-7,9-10,12-17H,8,11,18-19H2,1-2H3,(H,29,35). The van der Waals surface area contributed by atoms with Crippen LogP contribution in [0.25, 0.3) is 22.4 Å². The number of nitrogens with one attached hydrogen (secondary N) is 1. The van der Waals surface area contributed by atoms with Crippen molar-refractivity contribution in [1.82, 2.24) is 29.4 Å². The van der Waals surface area contributed by atoms with Crippen LogP contribution in [0, 0.1) is 6.92 Å². The van der Waals surface area contributed by atoms with Crippen LogP contribution in [-0.2, 0) is 17.9 Å². The van der Waals surface area contributed by atoms with Crippen LogP contribution >= 0.6 is 0 Å². The van der Waals surface area contributed by atoms with Crippen molar-refractivity contribution >= 4 is 16.8 Å². The first kappa shape index (κ1) is 24.1. The maximum Gasteiger partial charge on any atom is 0.280 e. The van der Waals surface area contributed by atoms with E-state index in [1.54, 1.807) is 11.8 Å². The van der Waals surface area contributed by atoms with Crippen molar-refractivity contribution in [2.45, 2.75) is 32.9 Å². The average molecular weight is 497 g/mol. The molecule has 0 spiro atoms. The second-order valence-corrected chi connectivity index (χ2v) is 8.73. The van der Waals surface area contributed by atoms with Crippen molar-refractivity contribution in [3.63, 3.8) is 0 Å². The molecule has 1 N–H and O–H groups in total. The summed E-state index contributed by atoms with van der Waals surface area (Å²) in [5.74, 6) is 1.36. The van der Waals surface area contributed by atoms with E-state index in [0.29, 0.717) is 41.9 Å². The molecule has 0 radical (unpaired) electrons. The summed E-state index contributed by atoms with van der Waals surface area (Å²) in [5, 5.41) is 12.7. The van der Waals surface area contributed by atoms with Gasteiger partial charge < -0.3 is 14.6 Å². The molecule has 1 amide bonds. The largest absolute Gasteiger partial charge is 0.497 e. The number of aromatic nitrogens is 5. The van der Waals surface area contributed by atoms with Crippen LogP contribution in [0.4, 0.5) is 0 Å². The van der Waals surface area contributed by atoms with Gasteiger partial charge in [0.2, 0.25) is 5.91 Å². The number of benzene rings is 2. The van der Waals surface area contributed by atoms with E-state index in [-0.39, 0.29) is 17.9 Å². The molecule has 5 rings (SSSR count). The average Bonchev–Trinajstić information content (AvgIpc) is 3.59. The highest BCUT2D eigenvalue weighted by Gasteiger charge is 2.21. The van der Waals surface area contributed by atoms with E-state index >= 15 is 0 Å². The third-order valence-corrected chi connectivity index (χ3v) is 6.20. The van der Waals surface area contributed by atoms with E-state index in [4.69, 9.17) is 9.84 Å². The maximum absolute atomic E-state index is 13.6. The molecule has 0 aliphatic carbocycles. The van der Waals surface area contributed by atoms with Crippen LogP contribution in [0.5, 0.6) is 5.75 Å². The Morgan fingerprint density at radius 3 is 2.41 bits per heavy atom. The number of hydrogen-bond donors (Lipinski definition) is 1. The summed E-state index contributed by atoms with van der Waals surface area (Å²) in [7, 11) is 1.62. The predicted octanol–water partition coefficient (Wildman–Crippen LogP) is 3.79. The highest BCUT2D eigenvalue weighted by Crippen LogP contribution is 2.24. The third kappa shape index (κ3) is 5.02. The fourth-order valence-corrected chi connectivity index (χ4v) is 4.30. The van der Waals surface area contributed by atoms with Crippen LogP contribution in [0.3, 0.4) is 0 Å². The molecule has 0 bridgehead atoms. The molecule has 0 atom stereocenters. The van der Waals surface area contributed by atoms with Gasteiger partial charge in [0.25, 0.3) is 5.56 Å². The van der Waals surface area contributed by atoms with Gasteiger partial charge in [-0.2, -0.15) is 10.2 Å². The molecule has 0 saturated carbocycles. The number of aryl methyl sites for hydroxylation is 2. The minimum Gasteiger partial charge on any atom is -0.497 e. The molecule has 3 heterocycles. The summed E-state index contributed by atoms with van der Waals surface area (Å²) < 4.78 is 10.3. The summed E-state index contributed by atoms with van der Waals surface area (Å²) in [6.45, 7) is 2.61. The first-order valence-corrected chi connectivity index (χ1v) is 12.1. The van der Waals surface area contributed by atoms with Crippen molar-refractivity contribution < 1.29 is 9.53 Å². The van der Waals surface area contributed by atoms with E-state index in [1.807, 2.05) is 90.6 Å². The third-order valence-electron chi connectivity index (χ3n) is 6.20. The summed E-state index contributed by atoms with van der Waals surface area (Å²) in [6, 6.07) is 21.1. The lowest BCUT2D eigenvalue weighted by Gasteiger charge is -2.10. The lowest BCUT2D eigenvalue weighted by atomic mass is 10.2. The van der Waals surface area contributed by atoms with E-state index in [1.165, 1.54) is 4.68 Å². The second kappa shape index (κ2) is 10.5. The van der Waals surface area contributed by atoms with Crippen LogP contribution in [0.2, 0.25) is 0 Å². The van der Waals surface area contributed by atoms with Gasteiger partial charge in [0.05, 0.1) is 18.5 Å². The van der Waals surface area contributed by atoms with Crippen LogP contribution in [0.1, 0.15) is 24.1 Å². The smallest absolute Gasteiger partial charge is 0.280 e. The summed E-state index contributed by atoms with van der Waals surface area (Å²) in [4.78, 5) is 26.0. The molecule has 0 fully saturated rings. The predicted molar refractivity (Wildman–Crippen MR) is 141 cm³/mol. The Kier molecular flexibility index (Phi) is 6.85. The molecule has 0 aliphatic rings. The molecule has 37 heavy (non-hydrogen) atoms. The fraction of sp³-hybridized carbons (Fsp3) is 0.214. The van der Waals surface area contributed by atoms with Gasteiger partial charge in [-0.1, -0.05) is 30.3 Å². The van der Waals surface area contributed by atoms with Gasteiger partial charge in [-0.15, -0.1) is 0 Å². The van der Waals surface area contributed by atoms with Gasteiger partial charge >= 0.3 is 0 Å². The number of fused-ring (bicyclic) bond motifs is 1. The number of para-hydroxylation sites is 1. The fourth-order valence-electron chi connectivity index (χ4n) is 4.30. The van der Waals surface area contributed by atoms with Gasteiger partial charge in [0, 0.05) is 31.9 Å². The zero-order chi connectivity index (χ0) is 25.8. The van der Waals surface area contributed by atoms with Crippen LogP contribution < -0.4 is 15.6 Å². The Hall–Kier alpha value is -4.66. The second-order valence-electron chi connectivity index (χ2n) is 8.73. The van der Waals surface area contributed by atoms with Crippen molar-refractivity contribution in [3.05, 3.63) is 101 Å². The minimum absolute atomic E-state index is 0.0772. The van der Waals surface area contributed by atoms with Crippen LogP contribution in [0.15, 0.2) is 83.9 Å². The molecule has 3 aromatic heterocycles. The molecule has 0 unspecified atom stereocenters. The molecule has 188 valence electrons. The number of carbonyl (C=O) groups excluding carboxylic acids is 1. The highest BCUT2D eigenvalue weighted by molar-refractivity contribution is 5.87. The van der Waals surface area contributed by atoms with E-state index in [0.717, 1.165) is 17.0 Å². The van der Waals surface area contributed by atoms with Crippen LogP contribution in [-0.4, -0.2) is 37.1 Å². The quantitative estimate of drug-likeness (QED) is 0.335. The van der Waals surface area contributed by atoms with Gasteiger partial charge in [-0.25, -0.2) is 9.36 Å². The Morgan fingerprint density at radius 1 is 0.973 bits per heavy atom. The number of ether oxygens (including phenoxy) is 1. The monoisotopic (exact) mass is 496 g/mol. The Balaban J connectivity index is 1.36. The van der Waals surface area contributed by atoms with Gasteiger partial charge in [-0.05, 0) is 55.3 Å². The van der Waals surface area contributed by atoms with Crippen molar-refractivity contribution in [3.8, 4) is 17.3 Å². The van der Waals surface area contributed by atoms with Gasteiger partial charge in [-0.3, -0.25) is 9.59 Å². The number of methoxy groups -OCH3 is 1. The summed E-state index contributed by atoms with van der Waals surface area (Å²) >= 11 is 0. The lowest BCUT2D eigenvalue weighted by molar-refractivity contribution is -0.121. The Bertz CT molecular complexity index is 1570. The van der Waals surface area contributed by atoms with Crippen molar-refractivity contribution in [1.29, 1.82) is 0 Å². The number of nitrogens with zero attached hydrogens (tertiary/aromatic N) is 5. The Labute approximate surface area is 213 Å². The Morgan fingerprint density at radius 2 is 1.70 bits per heavy atom. The lowest BCUT2D eigenvalue weighted by Crippen LogP contribution is -2.26. The summed E-state index contributed by atoms with van der Waals surface area (Å²) in [6.07, 6.45) is 4.55. The van der Waals surface area contributed by atoms with E-state index < -0.39 is 0 Å². The molecule has 0 saturated heterocycles. The normalized spacial score (nSPS) is 11.1. The molecule has 2 aromatic carbocycles. The zero-order valence-corrected chi connectivity index (χ0v) is 20.8. The zero-order valence-electron chi connectivity index (χ0n) is 20.8. The van der Waals surface area contributed by atoms with Crippen molar-refractivity contribution in [2.24, 2.45) is 0 Å². The number of amides is 1. The summed E-state index contributed by atoms with van der Waals surface area (Å²) in [5.41, 5.74) is 2.82. The highest BCUT2D eigenvalue weighted by atomic mass is 16.5. The minimum atomic E-state index is -0.231. The van der Waals surface area contributed by atoms with Gasteiger partial charge in [0.1, 0.15) is 16.7 Å². The molecule has 0 aliphatic heterocycles. The maximum atomic E-state index is 13.6.